The SMILES string of the molecule is COC(=O)c1cc2cccc(NC(=O)N3CCC(C)(C(=O)O)C3)c2s1. The lowest BCUT2D eigenvalue weighted by Gasteiger charge is -2.20. The molecule has 1 unspecified atom stereocenters. The van der Waals surface area contributed by atoms with Gasteiger partial charge in [-0.05, 0) is 30.9 Å². The van der Waals surface area contributed by atoms with E-state index in [1.165, 1.54) is 23.3 Å². The number of urea groups is 1. The summed E-state index contributed by atoms with van der Waals surface area (Å²) in [5.74, 6) is -1.32. The Morgan fingerprint density at radius 3 is 2.76 bits per heavy atom. The number of nitrogens with zero attached hydrogens (tertiary/aromatic N) is 1. The molecule has 0 aliphatic carbocycles. The molecular weight excluding hydrogens is 344 g/mol. The predicted molar refractivity (Wildman–Crippen MR) is 94.1 cm³/mol. The first-order valence-electron chi connectivity index (χ1n) is 7.74. The van der Waals surface area contributed by atoms with E-state index in [0.717, 1.165) is 10.1 Å². The van der Waals surface area contributed by atoms with Crippen LogP contribution in [0, 0.1) is 5.41 Å². The fraction of sp³-hybridized carbons (Fsp3) is 0.353. The maximum atomic E-state index is 12.5. The maximum absolute atomic E-state index is 12.5. The van der Waals surface area contributed by atoms with Crippen LogP contribution >= 0.6 is 11.3 Å². The molecule has 0 radical (unpaired) electrons. The Bertz CT molecular complexity index is 862. The van der Waals surface area contributed by atoms with Crippen LogP contribution in [-0.4, -0.2) is 48.2 Å². The number of carboxylic acids is 1. The molecule has 1 aromatic heterocycles. The van der Waals surface area contributed by atoms with Crippen molar-refractivity contribution in [2.24, 2.45) is 5.41 Å². The molecule has 0 saturated carbocycles. The highest BCUT2D eigenvalue weighted by atomic mass is 32.1. The highest BCUT2D eigenvalue weighted by molar-refractivity contribution is 7.21. The van der Waals surface area contributed by atoms with Gasteiger partial charge in [0.05, 0.1) is 22.9 Å². The number of hydrogen-bond donors (Lipinski definition) is 2. The van der Waals surface area contributed by atoms with Crippen molar-refractivity contribution < 1.29 is 24.2 Å². The van der Waals surface area contributed by atoms with Gasteiger partial charge in [-0.15, -0.1) is 11.3 Å². The van der Waals surface area contributed by atoms with Crippen LogP contribution in [0.1, 0.15) is 23.0 Å². The minimum absolute atomic E-state index is 0.169. The Hall–Kier alpha value is -2.61. The number of anilines is 1. The third-order valence-corrected chi connectivity index (χ3v) is 5.61. The number of hydrogen-bond acceptors (Lipinski definition) is 5. The number of esters is 1. The van der Waals surface area contributed by atoms with Crippen molar-refractivity contribution >= 4 is 45.1 Å². The fourth-order valence-electron chi connectivity index (χ4n) is 2.87. The lowest BCUT2D eigenvalue weighted by molar-refractivity contribution is -0.146. The Balaban J connectivity index is 1.81. The van der Waals surface area contributed by atoms with Crippen LogP contribution in [0.25, 0.3) is 10.1 Å². The van der Waals surface area contributed by atoms with E-state index in [2.05, 4.69) is 5.32 Å². The predicted octanol–water partition coefficient (Wildman–Crippen LogP) is 3.02. The number of nitrogens with one attached hydrogen (secondary N) is 1. The number of aliphatic carboxylic acids is 1. The van der Waals surface area contributed by atoms with Gasteiger partial charge in [-0.3, -0.25) is 4.79 Å². The van der Waals surface area contributed by atoms with E-state index in [1.54, 1.807) is 25.1 Å². The molecule has 2 heterocycles. The van der Waals surface area contributed by atoms with Crippen LogP contribution in [0.5, 0.6) is 0 Å². The van der Waals surface area contributed by atoms with Gasteiger partial charge in [0.15, 0.2) is 0 Å². The van der Waals surface area contributed by atoms with E-state index < -0.39 is 17.4 Å². The first kappa shape index (κ1) is 17.2. The first-order chi connectivity index (χ1) is 11.8. The number of carbonyl (C=O) groups excluding carboxylic acids is 2. The van der Waals surface area contributed by atoms with Crippen LogP contribution in [0.15, 0.2) is 24.3 Å². The molecule has 0 bridgehead atoms. The largest absolute Gasteiger partial charge is 0.481 e. The van der Waals surface area contributed by atoms with Crippen LogP contribution < -0.4 is 5.32 Å². The summed E-state index contributed by atoms with van der Waals surface area (Å²) < 4.78 is 5.51. The number of amides is 2. The third kappa shape index (κ3) is 3.17. The van der Waals surface area contributed by atoms with Gasteiger partial charge >= 0.3 is 18.0 Å². The minimum Gasteiger partial charge on any atom is -0.481 e. The molecule has 1 aliphatic rings. The second kappa shape index (κ2) is 6.36. The van der Waals surface area contributed by atoms with Gasteiger partial charge in [-0.25, -0.2) is 9.59 Å². The average Bonchev–Trinajstić information content (AvgIpc) is 3.19. The highest BCUT2D eigenvalue weighted by Crippen LogP contribution is 2.34. The lowest BCUT2D eigenvalue weighted by Crippen LogP contribution is -2.37. The lowest BCUT2D eigenvalue weighted by atomic mass is 9.90. The summed E-state index contributed by atoms with van der Waals surface area (Å²) >= 11 is 1.24. The zero-order valence-corrected chi connectivity index (χ0v) is 14.7. The Labute approximate surface area is 148 Å². The fourth-order valence-corrected chi connectivity index (χ4v) is 3.91. The molecule has 2 amide bonds. The van der Waals surface area contributed by atoms with E-state index in [0.29, 0.717) is 23.5 Å². The molecule has 132 valence electrons. The second-order valence-electron chi connectivity index (χ2n) is 6.29. The molecule has 25 heavy (non-hydrogen) atoms. The van der Waals surface area contributed by atoms with Crippen molar-refractivity contribution in [1.29, 1.82) is 0 Å². The standard InChI is InChI=1S/C17H18N2O5S/c1-17(15(21)22)6-7-19(9-17)16(23)18-11-5-3-4-10-8-12(14(20)24-2)25-13(10)11/h3-5,8H,6-7,9H2,1-2H3,(H,18,23)(H,21,22). The Morgan fingerprint density at radius 1 is 1.36 bits per heavy atom. The van der Waals surface area contributed by atoms with Gasteiger partial charge in [0.25, 0.3) is 0 Å². The number of carboxylic acid groups (broad SMARTS) is 1. The molecule has 1 fully saturated rings. The molecule has 1 atom stereocenters. The van der Waals surface area contributed by atoms with E-state index >= 15 is 0 Å². The van der Waals surface area contributed by atoms with Crippen molar-refractivity contribution in [3.63, 3.8) is 0 Å². The van der Waals surface area contributed by atoms with Crippen LogP contribution in [-0.2, 0) is 9.53 Å². The Morgan fingerprint density at radius 2 is 2.12 bits per heavy atom. The number of methoxy groups -OCH3 is 1. The zero-order valence-electron chi connectivity index (χ0n) is 13.9. The summed E-state index contributed by atoms with van der Waals surface area (Å²) in [5, 5.41) is 12.9. The molecule has 0 spiro atoms. The smallest absolute Gasteiger partial charge is 0.348 e. The van der Waals surface area contributed by atoms with Gasteiger partial charge in [-0.2, -0.15) is 0 Å². The molecular formula is C17H18N2O5S. The number of benzene rings is 1. The van der Waals surface area contributed by atoms with Crippen LogP contribution in [0.2, 0.25) is 0 Å². The molecule has 8 heteroatoms. The molecule has 7 nitrogen and oxygen atoms in total. The molecule has 2 aromatic rings. The summed E-state index contributed by atoms with van der Waals surface area (Å²) in [7, 11) is 1.32. The van der Waals surface area contributed by atoms with Gasteiger partial charge in [0.2, 0.25) is 0 Å². The highest BCUT2D eigenvalue weighted by Gasteiger charge is 2.42. The minimum atomic E-state index is -0.912. The molecule has 3 rings (SSSR count). The second-order valence-corrected chi connectivity index (χ2v) is 7.35. The van der Waals surface area contributed by atoms with Crippen molar-refractivity contribution in [1.82, 2.24) is 4.90 Å². The van der Waals surface area contributed by atoms with E-state index in [9.17, 15) is 19.5 Å². The van der Waals surface area contributed by atoms with Crippen molar-refractivity contribution in [2.75, 3.05) is 25.5 Å². The van der Waals surface area contributed by atoms with Crippen molar-refractivity contribution in [3.8, 4) is 0 Å². The average molecular weight is 362 g/mol. The van der Waals surface area contributed by atoms with E-state index in [4.69, 9.17) is 4.74 Å². The summed E-state index contributed by atoms with van der Waals surface area (Å²) in [6, 6.07) is 6.77. The number of fused-ring (bicyclic) bond motifs is 1. The summed E-state index contributed by atoms with van der Waals surface area (Å²) in [4.78, 5) is 37.5. The monoisotopic (exact) mass is 362 g/mol. The number of thiophene rings is 1. The van der Waals surface area contributed by atoms with Crippen LogP contribution in [0.3, 0.4) is 0 Å². The zero-order chi connectivity index (χ0) is 18.2. The van der Waals surface area contributed by atoms with E-state index in [1.807, 2.05) is 6.07 Å². The van der Waals surface area contributed by atoms with Gasteiger partial charge in [0, 0.05) is 13.1 Å². The number of likely N-dealkylation sites (tertiary alicyclic amines) is 1. The Kier molecular flexibility index (Phi) is 4.38. The van der Waals surface area contributed by atoms with Crippen molar-refractivity contribution in [3.05, 3.63) is 29.1 Å². The van der Waals surface area contributed by atoms with Gasteiger partial charge in [-0.1, -0.05) is 12.1 Å². The van der Waals surface area contributed by atoms with Gasteiger partial charge in [0.1, 0.15) is 4.88 Å². The number of rotatable bonds is 3. The number of ether oxygens (including phenoxy) is 1. The summed E-state index contributed by atoms with van der Waals surface area (Å²) in [5.41, 5.74) is -0.323. The molecule has 2 N–H and O–H groups in total. The normalized spacial score (nSPS) is 19.8. The van der Waals surface area contributed by atoms with Crippen molar-refractivity contribution in [2.45, 2.75) is 13.3 Å². The summed E-state index contributed by atoms with van der Waals surface area (Å²) in [6.07, 6.45) is 0.422. The summed E-state index contributed by atoms with van der Waals surface area (Å²) in [6.45, 7) is 2.20. The first-order valence-corrected chi connectivity index (χ1v) is 8.56. The molecule has 1 aromatic carbocycles. The number of carbonyl (C=O) groups is 3. The quantitative estimate of drug-likeness (QED) is 0.818. The topological polar surface area (TPSA) is 95.9 Å². The third-order valence-electron chi connectivity index (χ3n) is 4.45. The van der Waals surface area contributed by atoms with Gasteiger partial charge < -0.3 is 20.1 Å². The molecule has 1 saturated heterocycles. The van der Waals surface area contributed by atoms with E-state index in [-0.39, 0.29) is 12.6 Å². The maximum Gasteiger partial charge on any atom is 0.348 e. The van der Waals surface area contributed by atoms with Crippen LogP contribution in [0.4, 0.5) is 10.5 Å². The molecule has 1 aliphatic heterocycles.